The summed E-state index contributed by atoms with van der Waals surface area (Å²) in [5, 5.41) is 0.715. The predicted molar refractivity (Wildman–Crippen MR) is 63.3 cm³/mol. The lowest BCUT2D eigenvalue weighted by atomic mass is 10.1. The van der Waals surface area contributed by atoms with Gasteiger partial charge in [-0.2, -0.15) is 0 Å². The lowest BCUT2D eigenvalue weighted by molar-refractivity contribution is 0.0965. The zero-order valence-electron chi connectivity index (χ0n) is 8.77. The van der Waals surface area contributed by atoms with Gasteiger partial charge in [-0.3, -0.25) is 4.79 Å². The van der Waals surface area contributed by atoms with E-state index in [1.165, 1.54) is 12.8 Å². The fourth-order valence-corrected chi connectivity index (χ4v) is 2.57. The summed E-state index contributed by atoms with van der Waals surface area (Å²) in [6.45, 7) is 1.74. The van der Waals surface area contributed by atoms with Crippen molar-refractivity contribution in [3.8, 4) is 0 Å². The van der Waals surface area contributed by atoms with Gasteiger partial charge in [-0.1, -0.05) is 18.2 Å². The molecule has 1 aliphatic carbocycles. The second-order valence-corrected chi connectivity index (χ2v) is 5.31. The van der Waals surface area contributed by atoms with Gasteiger partial charge in [0.1, 0.15) is 0 Å². The summed E-state index contributed by atoms with van der Waals surface area (Å²) in [6, 6.07) is 7.34. The third-order valence-electron chi connectivity index (χ3n) is 2.38. The van der Waals surface area contributed by atoms with Crippen molar-refractivity contribution in [2.45, 2.75) is 36.0 Å². The van der Waals surface area contributed by atoms with Crippen LogP contribution in [0.5, 0.6) is 0 Å². The van der Waals surface area contributed by atoms with Crippen molar-refractivity contribution in [2.24, 2.45) is 5.73 Å². The van der Waals surface area contributed by atoms with Gasteiger partial charge in [0.15, 0.2) is 5.78 Å². The van der Waals surface area contributed by atoms with Crippen LogP contribution < -0.4 is 5.73 Å². The third-order valence-corrected chi connectivity index (χ3v) is 3.80. The van der Waals surface area contributed by atoms with Crippen molar-refractivity contribution >= 4 is 17.5 Å². The minimum Gasteiger partial charge on any atom is -0.321 e. The van der Waals surface area contributed by atoms with Crippen LogP contribution in [0, 0.1) is 0 Å². The minimum atomic E-state index is -0.411. The Balaban J connectivity index is 2.23. The lowest BCUT2D eigenvalue weighted by Crippen LogP contribution is -2.27. The number of benzene rings is 1. The summed E-state index contributed by atoms with van der Waals surface area (Å²) in [5.41, 5.74) is 6.41. The largest absolute Gasteiger partial charge is 0.321 e. The molecule has 0 radical (unpaired) electrons. The SMILES string of the molecule is CC(N)C(=O)c1ccccc1SC1CC1. The molecule has 0 saturated heterocycles. The van der Waals surface area contributed by atoms with E-state index in [-0.39, 0.29) is 5.78 Å². The number of hydrogen-bond acceptors (Lipinski definition) is 3. The Labute approximate surface area is 94.2 Å². The summed E-state index contributed by atoms with van der Waals surface area (Å²) in [6.07, 6.45) is 2.54. The maximum absolute atomic E-state index is 11.8. The number of hydrogen-bond donors (Lipinski definition) is 1. The molecule has 1 saturated carbocycles. The van der Waals surface area contributed by atoms with E-state index in [2.05, 4.69) is 0 Å². The predicted octanol–water partition coefficient (Wildman–Crippen LogP) is 2.47. The van der Waals surface area contributed by atoms with E-state index in [4.69, 9.17) is 5.73 Å². The molecule has 0 aromatic heterocycles. The molecular weight excluding hydrogens is 206 g/mol. The van der Waals surface area contributed by atoms with E-state index < -0.39 is 6.04 Å². The maximum Gasteiger partial charge on any atom is 0.180 e. The highest BCUT2D eigenvalue weighted by Gasteiger charge is 2.25. The van der Waals surface area contributed by atoms with Crippen molar-refractivity contribution in [2.75, 3.05) is 0 Å². The topological polar surface area (TPSA) is 43.1 Å². The molecule has 1 aromatic rings. The van der Waals surface area contributed by atoms with E-state index in [1.807, 2.05) is 24.3 Å². The van der Waals surface area contributed by atoms with Crippen LogP contribution in [0.2, 0.25) is 0 Å². The molecule has 1 fully saturated rings. The maximum atomic E-state index is 11.8. The van der Waals surface area contributed by atoms with Gasteiger partial charge in [0.05, 0.1) is 6.04 Å². The molecule has 1 aromatic carbocycles. The molecule has 2 rings (SSSR count). The fraction of sp³-hybridized carbons (Fsp3) is 0.417. The number of ketones is 1. The smallest absolute Gasteiger partial charge is 0.180 e. The number of nitrogens with two attached hydrogens (primary N) is 1. The Morgan fingerprint density at radius 3 is 2.73 bits per heavy atom. The van der Waals surface area contributed by atoms with Crippen LogP contribution in [0.1, 0.15) is 30.1 Å². The van der Waals surface area contributed by atoms with Gasteiger partial charge >= 0.3 is 0 Å². The molecule has 0 amide bonds. The standard InChI is InChI=1S/C12H15NOS/c1-8(13)12(14)10-4-2-3-5-11(10)15-9-6-7-9/h2-5,8-9H,6-7,13H2,1H3. The third kappa shape index (κ3) is 2.61. The van der Waals surface area contributed by atoms with Crippen LogP contribution >= 0.6 is 11.8 Å². The first-order valence-electron chi connectivity index (χ1n) is 5.24. The van der Waals surface area contributed by atoms with Crippen molar-refractivity contribution in [1.82, 2.24) is 0 Å². The molecule has 2 nitrogen and oxygen atoms in total. The number of rotatable bonds is 4. The van der Waals surface area contributed by atoms with Gasteiger partial charge in [-0.25, -0.2) is 0 Å². The van der Waals surface area contributed by atoms with Crippen molar-refractivity contribution in [1.29, 1.82) is 0 Å². The Bertz CT molecular complexity index is 372. The van der Waals surface area contributed by atoms with Crippen molar-refractivity contribution in [3.05, 3.63) is 29.8 Å². The van der Waals surface area contributed by atoms with E-state index in [0.29, 0.717) is 5.25 Å². The van der Waals surface area contributed by atoms with Crippen LogP contribution in [-0.2, 0) is 0 Å². The first-order valence-corrected chi connectivity index (χ1v) is 6.12. The Morgan fingerprint density at radius 1 is 1.47 bits per heavy atom. The second kappa shape index (κ2) is 4.37. The van der Waals surface area contributed by atoms with E-state index in [1.54, 1.807) is 18.7 Å². The molecule has 0 heterocycles. The average molecular weight is 221 g/mol. The normalized spacial score (nSPS) is 17.5. The Kier molecular flexibility index (Phi) is 3.12. The molecule has 1 unspecified atom stereocenters. The van der Waals surface area contributed by atoms with Gasteiger partial charge in [0, 0.05) is 15.7 Å². The van der Waals surface area contributed by atoms with E-state index in [9.17, 15) is 4.79 Å². The van der Waals surface area contributed by atoms with Crippen LogP contribution in [0.15, 0.2) is 29.2 Å². The molecule has 15 heavy (non-hydrogen) atoms. The number of carbonyl (C=O) groups excluding carboxylic acids is 1. The summed E-state index contributed by atoms with van der Waals surface area (Å²) < 4.78 is 0. The first kappa shape index (κ1) is 10.7. The summed E-state index contributed by atoms with van der Waals surface area (Å²) in [7, 11) is 0. The van der Waals surface area contributed by atoms with Crippen LogP contribution in [0.3, 0.4) is 0 Å². The van der Waals surface area contributed by atoms with E-state index >= 15 is 0 Å². The van der Waals surface area contributed by atoms with Gasteiger partial charge in [0.25, 0.3) is 0 Å². The minimum absolute atomic E-state index is 0.0405. The summed E-state index contributed by atoms with van der Waals surface area (Å²) in [5.74, 6) is 0.0405. The van der Waals surface area contributed by atoms with E-state index in [0.717, 1.165) is 10.5 Å². The fourth-order valence-electron chi connectivity index (χ4n) is 1.38. The molecule has 80 valence electrons. The first-order chi connectivity index (χ1) is 7.18. The van der Waals surface area contributed by atoms with Gasteiger partial charge in [-0.15, -0.1) is 11.8 Å². The molecule has 1 atom stereocenters. The molecule has 1 aliphatic rings. The highest BCUT2D eigenvalue weighted by Crippen LogP contribution is 2.40. The van der Waals surface area contributed by atoms with Gasteiger partial charge in [0.2, 0.25) is 0 Å². The Morgan fingerprint density at radius 2 is 2.13 bits per heavy atom. The van der Waals surface area contributed by atoms with Crippen molar-refractivity contribution in [3.63, 3.8) is 0 Å². The molecule has 0 aliphatic heterocycles. The van der Waals surface area contributed by atoms with Gasteiger partial charge in [-0.05, 0) is 25.8 Å². The highest BCUT2D eigenvalue weighted by atomic mass is 32.2. The monoisotopic (exact) mass is 221 g/mol. The lowest BCUT2D eigenvalue weighted by Gasteiger charge is -2.09. The number of thioether (sulfide) groups is 1. The highest BCUT2D eigenvalue weighted by molar-refractivity contribution is 8.00. The molecule has 3 heteroatoms. The van der Waals surface area contributed by atoms with Crippen LogP contribution in [0.25, 0.3) is 0 Å². The quantitative estimate of drug-likeness (QED) is 0.794. The average Bonchev–Trinajstić information content (AvgIpc) is 3.01. The summed E-state index contributed by atoms with van der Waals surface area (Å²) in [4.78, 5) is 12.9. The molecular formula is C12H15NOS. The second-order valence-electron chi connectivity index (χ2n) is 3.97. The van der Waals surface area contributed by atoms with Crippen LogP contribution in [-0.4, -0.2) is 17.1 Å². The Hall–Kier alpha value is -0.800. The number of Topliss-reactive ketones (excluding diaryl/α,β-unsaturated/α-hetero) is 1. The molecule has 0 spiro atoms. The molecule has 2 N–H and O–H groups in total. The molecule has 0 bridgehead atoms. The van der Waals surface area contributed by atoms with Crippen LogP contribution in [0.4, 0.5) is 0 Å². The zero-order valence-corrected chi connectivity index (χ0v) is 9.59. The van der Waals surface area contributed by atoms with Gasteiger partial charge < -0.3 is 5.73 Å². The number of carbonyl (C=O) groups is 1. The zero-order chi connectivity index (χ0) is 10.8. The van der Waals surface area contributed by atoms with Crippen molar-refractivity contribution < 1.29 is 4.79 Å². The summed E-state index contributed by atoms with van der Waals surface area (Å²) >= 11 is 1.81.